The van der Waals surface area contributed by atoms with E-state index in [1.54, 1.807) is 6.07 Å². The van der Waals surface area contributed by atoms with Crippen molar-refractivity contribution in [2.24, 2.45) is 0 Å². The van der Waals surface area contributed by atoms with Gasteiger partial charge in [0.2, 0.25) is 0 Å². The highest BCUT2D eigenvalue weighted by Crippen LogP contribution is 2.27. The summed E-state index contributed by atoms with van der Waals surface area (Å²) in [5.41, 5.74) is 2.14. The van der Waals surface area contributed by atoms with Gasteiger partial charge >= 0.3 is 5.97 Å². The smallest absolute Gasteiger partial charge is 0.356 e. The van der Waals surface area contributed by atoms with Crippen LogP contribution in [-0.2, 0) is 12.8 Å². The Morgan fingerprint density at radius 2 is 2.00 bits per heavy atom. The van der Waals surface area contributed by atoms with Gasteiger partial charge < -0.3 is 5.11 Å². The number of halogens is 2. The lowest BCUT2D eigenvalue weighted by atomic mass is 10.1. The van der Waals surface area contributed by atoms with Crippen molar-refractivity contribution in [1.29, 1.82) is 0 Å². The molecule has 3 rings (SSSR count). The van der Waals surface area contributed by atoms with Gasteiger partial charge in [-0.1, -0.05) is 18.0 Å². The van der Waals surface area contributed by atoms with Crippen LogP contribution in [0.2, 0.25) is 5.02 Å². The number of rotatable bonds is 2. The maximum Gasteiger partial charge on any atom is 0.356 e. The number of aromatic nitrogens is 2. The standard InChI is InChI=1S/C15H14ClFN2O2/c16-9-6-10(17)8-11(7-9)19-13-5-3-1-2-4-12(13)14(18-19)15(20)21/h6-8H,1-5H2,(H,20,21). The number of aromatic carboxylic acids is 1. The Balaban J connectivity index is 2.20. The summed E-state index contributed by atoms with van der Waals surface area (Å²) < 4.78 is 15.1. The van der Waals surface area contributed by atoms with Crippen molar-refractivity contribution in [3.05, 3.63) is 46.0 Å². The predicted molar refractivity (Wildman–Crippen MR) is 76.8 cm³/mol. The molecule has 0 aliphatic heterocycles. The number of benzene rings is 1. The maximum atomic E-state index is 13.5. The zero-order valence-electron chi connectivity index (χ0n) is 11.3. The molecule has 0 unspecified atom stereocenters. The first-order valence-corrected chi connectivity index (χ1v) is 7.24. The van der Waals surface area contributed by atoms with Crippen LogP contribution in [0.5, 0.6) is 0 Å². The minimum Gasteiger partial charge on any atom is -0.476 e. The molecule has 2 aromatic rings. The van der Waals surface area contributed by atoms with Gasteiger partial charge in [0.15, 0.2) is 5.69 Å². The Morgan fingerprint density at radius 3 is 2.71 bits per heavy atom. The molecule has 0 saturated carbocycles. The zero-order valence-corrected chi connectivity index (χ0v) is 12.0. The molecule has 4 nitrogen and oxygen atoms in total. The summed E-state index contributed by atoms with van der Waals surface area (Å²) in [5, 5.41) is 13.8. The van der Waals surface area contributed by atoms with E-state index >= 15 is 0 Å². The lowest BCUT2D eigenvalue weighted by molar-refractivity contribution is 0.0688. The van der Waals surface area contributed by atoms with Crippen LogP contribution in [0.25, 0.3) is 5.69 Å². The maximum absolute atomic E-state index is 13.5. The molecule has 0 fully saturated rings. The van der Waals surface area contributed by atoms with Crippen LogP contribution < -0.4 is 0 Å². The molecule has 6 heteroatoms. The van der Waals surface area contributed by atoms with E-state index in [4.69, 9.17) is 11.6 Å². The molecular weight excluding hydrogens is 295 g/mol. The Hall–Kier alpha value is -1.88. The first kappa shape index (κ1) is 14.1. The molecule has 1 heterocycles. The Labute approximate surface area is 126 Å². The van der Waals surface area contributed by atoms with Crippen molar-refractivity contribution >= 4 is 17.6 Å². The van der Waals surface area contributed by atoms with Gasteiger partial charge in [0.25, 0.3) is 0 Å². The minimum absolute atomic E-state index is 0.0623. The van der Waals surface area contributed by atoms with Crippen LogP contribution in [0.3, 0.4) is 0 Å². The molecule has 21 heavy (non-hydrogen) atoms. The molecule has 0 amide bonds. The highest BCUT2D eigenvalue weighted by Gasteiger charge is 2.24. The second-order valence-corrected chi connectivity index (χ2v) is 5.62. The Kier molecular flexibility index (Phi) is 3.68. The summed E-state index contributed by atoms with van der Waals surface area (Å²) in [6.07, 6.45) is 4.41. The summed E-state index contributed by atoms with van der Waals surface area (Å²) in [7, 11) is 0. The Morgan fingerprint density at radius 1 is 1.24 bits per heavy atom. The van der Waals surface area contributed by atoms with Gasteiger partial charge in [0.05, 0.1) is 5.69 Å². The summed E-state index contributed by atoms with van der Waals surface area (Å²) in [5.74, 6) is -1.51. The number of carboxylic acids is 1. The molecule has 0 radical (unpaired) electrons. The van der Waals surface area contributed by atoms with Crippen molar-refractivity contribution in [2.45, 2.75) is 32.1 Å². The lowest BCUT2D eigenvalue weighted by Crippen LogP contribution is -2.04. The van der Waals surface area contributed by atoms with E-state index in [0.717, 1.165) is 36.9 Å². The molecule has 0 atom stereocenters. The first-order chi connectivity index (χ1) is 10.1. The molecule has 1 aliphatic rings. The largest absolute Gasteiger partial charge is 0.476 e. The van der Waals surface area contributed by atoms with Crippen molar-refractivity contribution in [2.75, 3.05) is 0 Å². The fraction of sp³-hybridized carbons (Fsp3) is 0.333. The van der Waals surface area contributed by atoms with Crippen LogP contribution in [-0.4, -0.2) is 20.9 Å². The molecule has 1 aromatic heterocycles. The van der Waals surface area contributed by atoms with Crippen molar-refractivity contribution in [1.82, 2.24) is 9.78 Å². The van der Waals surface area contributed by atoms with Gasteiger partial charge in [-0.25, -0.2) is 13.9 Å². The molecule has 1 N–H and O–H groups in total. The minimum atomic E-state index is -1.05. The van der Waals surface area contributed by atoms with E-state index in [1.165, 1.54) is 16.8 Å². The highest BCUT2D eigenvalue weighted by atomic mass is 35.5. The van der Waals surface area contributed by atoms with E-state index in [-0.39, 0.29) is 10.7 Å². The van der Waals surface area contributed by atoms with Crippen LogP contribution >= 0.6 is 11.6 Å². The van der Waals surface area contributed by atoms with Crippen molar-refractivity contribution in [3.8, 4) is 5.69 Å². The Bertz CT molecular complexity index is 692. The monoisotopic (exact) mass is 308 g/mol. The van der Waals surface area contributed by atoms with Gasteiger partial charge in [-0.2, -0.15) is 5.10 Å². The molecule has 0 spiro atoms. The van der Waals surface area contributed by atoms with Gasteiger partial charge in [-0.3, -0.25) is 0 Å². The van der Waals surface area contributed by atoms with Crippen molar-refractivity contribution < 1.29 is 14.3 Å². The number of hydrogen-bond acceptors (Lipinski definition) is 2. The fourth-order valence-corrected chi connectivity index (χ4v) is 3.04. The van der Waals surface area contributed by atoms with E-state index in [1.807, 2.05) is 0 Å². The van der Waals surface area contributed by atoms with Crippen molar-refractivity contribution in [3.63, 3.8) is 0 Å². The second-order valence-electron chi connectivity index (χ2n) is 5.18. The topological polar surface area (TPSA) is 55.1 Å². The zero-order chi connectivity index (χ0) is 15.0. The van der Waals surface area contributed by atoms with E-state index in [9.17, 15) is 14.3 Å². The number of fused-ring (bicyclic) bond motifs is 1. The average Bonchev–Trinajstić information content (AvgIpc) is 2.60. The van der Waals surface area contributed by atoms with Gasteiger partial charge in [0.1, 0.15) is 5.82 Å². The summed E-state index contributed by atoms with van der Waals surface area (Å²) >= 11 is 5.89. The quantitative estimate of drug-likeness (QED) is 0.862. The van der Waals surface area contributed by atoms with Crippen LogP contribution in [0, 0.1) is 5.82 Å². The lowest BCUT2D eigenvalue weighted by Gasteiger charge is -2.08. The summed E-state index contributed by atoms with van der Waals surface area (Å²) in [6, 6.07) is 4.12. The number of hydrogen-bond donors (Lipinski definition) is 1. The van der Waals surface area contributed by atoms with Gasteiger partial charge in [0, 0.05) is 16.3 Å². The average molecular weight is 309 g/mol. The van der Waals surface area contributed by atoms with Crippen LogP contribution in [0.1, 0.15) is 41.0 Å². The molecule has 0 bridgehead atoms. The van der Waals surface area contributed by atoms with Crippen LogP contribution in [0.4, 0.5) is 4.39 Å². The van der Waals surface area contributed by atoms with Gasteiger partial charge in [-0.05, 0) is 43.9 Å². The highest BCUT2D eigenvalue weighted by molar-refractivity contribution is 6.30. The normalized spacial score (nSPS) is 14.6. The first-order valence-electron chi connectivity index (χ1n) is 6.87. The number of carboxylic acid groups (broad SMARTS) is 1. The van der Waals surface area contributed by atoms with Crippen LogP contribution in [0.15, 0.2) is 18.2 Å². The molecule has 1 aromatic carbocycles. The third-order valence-electron chi connectivity index (χ3n) is 3.72. The predicted octanol–water partition coefficient (Wildman–Crippen LogP) is 3.63. The van der Waals surface area contributed by atoms with Gasteiger partial charge in [-0.15, -0.1) is 0 Å². The molecule has 0 saturated heterocycles. The summed E-state index contributed by atoms with van der Waals surface area (Å²) in [4.78, 5) is 11.4. The molecular formula is C15H14ClFN2O2. The van der Waals surface area contributed by atoms with E-state index in [2.05, 4.69) is 5.10 Å². The third-order valence-corrected chi connectivity index (χ3v) is 3.94. The second kappa shape index (κ2) is 5.48. The van der Waals surface area contributed by atoms with E-state index in [0.29, 0.717) is 12.1 Å². The molecule has 1 aliphatic carbocycles. The SMILES string of the molecule is O=C(O)c1nn(-c2cc(F)cc(Cl)c2)c2c1CCCCC2. The summed E-state index contributed by atoms with van der Waals surface area (Å²) in [6.45, 7) is 0. The van der Waals surface area contributed by atoms with E-state index < -0.39 is 11.8 Å². The fourth-order valence-electron chi connectivity index (χ4n) is 2.82. The number of carbonyl (C=O) groups is 1. The third kappa shape index (κ3) is 2.65. The molecule has 110 valence electrons. The number of nitrogens with zero attached hydrogens (tertiary/aromatic N) is 2.